The number of halogens is 2. The van der Waals surface area contributed by atoms with Crippen molar-refractivity contribution in [3.8, 4) is 0 Å². The van der Waals surface area contributed by atoms with Crippen molar-refractivity contribution in [1.29, 1.82) is 0 Å². The van der Waals surface area contributed by atoms with Crippen molar-refractivity contribution in [2.75, 3.05) is 31.1 Å². The second-order valence-electron chi connectivity index (χ2n) is 8.99. The van der Waals surface area contributed by atoms with E-state index in [1.54, 1.807) is 12.1 Å². The maximum Gasteiger partial charge on any atom is 0.244 e. The molecule has 1 N–H and O–H groups in total. The lowest BCUT2D eigenvalue weighted by molar-refractivity contribution is 0.136. The zero-order valence-corrected chi connectivity index (χ0v) is 17.9. The van der Waals surface area contributed by atoms with Gasteiger partial charge in [0.1, 0.15) is 22.3 Å². The quantitative estimate of drug-likeness (QED) is 0.777. The van der Waals surface area contributed by atoms with Crippen molar-refractivity contribution in [3.63, 3.8) is 0 Å². The second-order valence-corrected chi connectivity index (χ2v) is 10.9. The maximum atomic E-state index is 13.5. The average molecular weight is 450 g/mol. The zero-order chi connectivity index (χ0) is 21.8. The molecule has 1 spiro atoms. The summed E-state index contributed by atoms with van der Waals surface area (Å²) < 4.78 is 54.5. The highest BCUT2D eigenvalue weighted by molar-refractivity contribution is 7.89. The van der Waals surface area contributed by atoms with E-state index >= 15 is 0 Å². The normalized spacial score (nSPS) is 24.1. The van der Waals surface area contributed by atoms with Crippen molar-refractivity contribution >= 4 is 15.8 Å². The number of benzene rings is 1. The molecule has 1 aromatic heterocycles. The molecule has 1 atom stereocenters. The molecule has 3 heterocycles. The molecule has 0 radical (unpaired) electrons. The van der Waals surface area contributed by atoms with Crippen molar-refractivity contribution < 1.29 is 22.3 Å². The number of rotatable bonds is 4. The summed E-state index contributed by atoms with van der Waals surface area (Å²) >= 11 is 0. The van der Waals surface area contributed by atoms with Crippen LogP contribution in [-0.4, -0.2) is 55.1 Å². The van der Waals surface area contributed by atoms with Crippen molar-refractivity contribution in [3.05, 3.63) is 53.7 Å². The van der Waals surface area contributed by atoms with Gasteiger partial charge in [0.05, 0.1) is 6.10 Å². The fraction of sp³-hybridized carbons (Fsp3) is 0.500. The highest BCUT2D eigenvalue weighted by atomic mass is 32.2. The van der Waals surface area contributed by atoms with Gasteiger partial charge in [-0.15, -0.1) is 0 Å². The first-order chi connectivity index (χ1) is 14.8. The average Bonchev–Trinajstić information content (AvgIpc) is 3.46. The number of aliphatic hydroxyl groups excluding tert-OH is 1. The van der Waals surface area contributed by atoms with Crippen LogP contribution in [0.15, 0.2) is 41.4 Å². The third kappa shape index (κ3) is 3.83. The van der Waals surface area contributed by atoms with E-state index in [2.05, 4.69) is 4.98 Å². The van der Waals surface area contributed by atoms with Crippen LogP contribution in [0.4, 0.5) is 14.6 Å². The molecule has 31 heavy (non-hydrogen) atoms. The number of aliphatic hydroxyl groups is 1. The standard InChI is InChI=1S/C22H25F2N3O3S/c23-17-9-16(10-18(24)11-17)15-3-7-27(8-4-15)31(29,30)19-1-2-21(25-12-19)26-13-20(28)22(14-26)5-6-22/h1-2,9-12,15,20,28H,3-8,13-14H2. The number of hydrogen-bond donors (Lipinski definition) is 1. The lowest BCUT2D eigenvalue weighted by Gasteiger charge is -2.31. The Kier molecular flexibility index (Phi) is 5.02. The van der Waals surface area contributed by atoms with Gasteiger partial charge >= 0.3 is 0 Å². The Bertz CT molecular complexity index is 1060. The van der Waals surface area contributed by atoms with Gasteiger partial charge in [0.25, 0.3) is 0 Å². The molecule has 9 heteroatoms. The Morgan fingerprint density at radius 2 is 1.74 bits per heavy atom. The molecule has 2 aromatic rings. The first-order valence-corrected chi connectivity index (χ1v) is 12.1. The first kappa shape index (κ1) is 20.8. The van der Waals surface area contributed by atoms with Gasteiger partial charge in [-0.05, 0) is 61.4 Å². The number of nitrogens with zero attached hydrogens (tertiary/aromatic N) is 3. The van der Waals surface area contributed by atoms with Gasteiger partial charge in [0, 0.05) is 43.9 Å². The van der Waals surface area contributed by atoms with E-state index in [9.17, 15) is 22.3 Å². The summed E-state index contributed by atoms with van der Waals surface area (Å²) in [5.41, 5.74) is 0.572. The molecule has 0 amide bonds. The van der Waals surface area contributed by atoms with Crippen LogP contribution in [-0.2, 0) is 10.0 Å². The highest BCUT2D eigenvalue weighted by Crippen LogP contribution is 2.53. The van der Waals surface area contributed by atoms with Gasteiger partial charge in [0.2, 0.25) is 10.0 Å². The number of hydrogen-bond acceptors (Lipinski definition) is 5. The van der Waals surface area contributed by atoms with Gasteiger partial charge in [-0.2, -0.15) is 4.31 Å². The van der Waals surface area contributed by atoms with E-state index in [0.29, 0.717) is 30.8 Å². The minimum Gasteiger partial charge on any atom is -0.391 e. The number of sulfonamides is 1. The zero-order valence-electron chi connectivity index (χ0n) is 17.0. The van der Waals surface area contributed by atoms with E-state index in [-0.39, 0.29) is 35.4 Å². The predicted molar refractivity (Wildman–Crippen MR) is 111 cm³/mol. The monoisotopic (exact) mass is 449 g/mol. The molecule has 1 unspecified atom stereocenters. The minimum absolute atomic E-state index is 0.00134. The molecule has 3 fully saturated rings. The molecule has 2 saturated heterocycles. The Balaban J connectivity index is 1.25. The summed E-state index contributed by atoms with van der Waals surface area (Å²) in [6.45, 7) is 1.84. The van der Waals surface area contributed by atoms with Gasteiger partial charge in [-0.1, -0.05) is 0 Å². The van der Waals surface area contributed by atoms with Gasteiger partial charge in [-0.3, -0.25) is 0 Å². The lowest BCUT2D eigenvalue weighted by Crippen LogP contribution is -2.38. The lowest BCUT2D eigenvalue weighted by atomic mass is 9.90. The summed E-state index contributed by atoms with van der Waals surface area (Å²) in [6.07, 6.45) is 4.07. The molecule has 3 aliphatic rings. The summed E-state index contributed by atoms with van der Waals surface area (Å²) in [7, 11) is -3.69. The molecule has 2 aliphatic heterocycles. The Morgan fingerprint density at radius 3 is 2.29 bits per heavy atom. The van der Waals surface area contributed by atoms with E-state index in [0.717, 1.165) is 25.5 Å². The van der Waals surface area contributed by atoms with Crippen LogP contribution < -0.4 is 4.90 Å². The maximum absolute atomic E-state index is 13.5. The van der Waals surface area contributed by atoms with E-state index in [1.807, 2.05) is 4.90 Å². The summed E-state index contributed by atoms with van der Waals surface area (Å²) in [4.78, 5) is 6.50. The number of piperidine rings is 1. The molecule has 6 nitrogen and oxygen atoms in total. The minimum atomic E-state index is -3.69. The Labute approximate surface area is 180 Å². The molecular formula is C22H25F2N3O3S. The molecule has 5 rings (SSSR count). The summed E-state index contributed by atoms with van der Waals surface area (Å²) in [6, 6.07) is 6.75. The molecule has 1 aromatic carbocycles. The van der Waals surface area contributed by atoms with Crippen LogP contribution in [0, 0.1) is 17.0 Å². The fourth-order valence-corrected chi connectivity index (χ4v) is 6.30. The second kappa shape index (κ2) is 7.50. The predicted octanol–water partition coefficient (Wildman–Crippen LogP) is 2.89. The van der Waals surface area contributed by atoms with Gasteiger partial charge < -0.3 is 10.0 Å². The molecule has 1 aliphatic carbocycles. The Morgan fingerprint density at radius 1 is 1.06 bits per heavy atom. The van der Waals surface area contributed by atoms with Crippen LogP contribution in [0.3, 0.4) is 0 Å². The van der Waals surface area contributed by atoms with E-state index < -0.39 is 21.7 Å². The highest BCUT2D eigenvalue weighted by Gasteiger charge is 2.54. The van der Waals surface area contributed by atoms with Gasteiger partial charge in [0.15, 0.2) is 0 Å². The first-order valence-electron chi connectivity index (χ1n) is 10.6. The van der Waals surface area contributed by atoms with Crippen molar-refractivity contribution in [2.45, 2.75) is 42.6 Å². The SMILES string of the molecule is O=S(=O)(c1ccc(N2CC(O)C3(CC3)C2)nc1)N1CCC(c2cc(F)cc(F)c2)CC1. The number of anilines is 1. The third-order valence-electron chi connectivity index (χ3n) is 6.99. The van der Waals surface area contributed by atoms with E-state index in [4.69, 9.17) is 0 Å². The Hall–Kier alpha value is -2.10. The number of pyridine rings is 1. The van der Waals surface area contributed by atoms with Crippen LogP contribution in [0.1, 0.15) is 37.2 Å². The third-order valence-corrected chi connectivity index (χ3v) is 8.87. The number of aromatic nitrogens is 1. The fourth-order valence-electron chi connectivity index (χ4n) is 4.88. The summed E-state index contributed by atoms with van der Waals surface area (Å²) in [5.74, 6) is -0.634. The van der Waals surface area contributed by atoms with E-state index in [1.165, 1.54) is 22.6 Å². The van der Waals surface area contributed by atoms with Crippen molar-refractivity contribution in [1.82, 2.24) is 9.29 Å². The van der Waals surface area contributed by atoms with Crippen molar-refractivity contribution in [2.24, 2.45) is 5.41 Å². The van der Waals surface area contributed by atoms with Crippen LogP contribution in [0.2, 0.25) is 0 Å². The van der Waals surface area contributed by atoms with Crippen LogP contribution in [0.5, 0.6) is 0 Å². The van der Waals surface area contributed by atoms with Crippen LogP contribution >= 0.6 is 0 Å². The summed E-state index contributed by atoms with van der Waals surface area (Å²) in [5, 5.41) is 10.2. The largest absolute Gasteiger partial charge is 0.391 e. The molecule has 166 valence electrons. The smallest absolute Gasteiger partial charge is 0.244 e. The number of β-amino-alcohol motifs (C(OH)–C–C–N with tert-alkyl or cyclic N) is 1. The molecule has 1 saturated carbocycles. The topological polar surface area (TPSA) is 73.7 Å². The molecular weight excluding hydrogens is 424 g/mol. The molecule has 0 bridgehead atoms. The van der Waals surface area contributed by atoms with Crippen LogP contribution in [0.25, 0.3) is 0 Å². The van der Waals surface area contributed by atoms with Gasteiger partial charge in [-0.25, -0.2) is 22.2 Å².